The smallest absolute Gasteiger partial charge is 0.182 e. The van der Waals surface area contributed by atoms with Crippen molar-refractivity contribution < 1.29 is 13.9 Å². The van der Waals surface area contributed by atoms with Gasteiger partial charge in [0.25, 0.3) is 0 Å². The van der Waals surface area contributed by atoms with Gasteiger partial charge in [0.05, 0.1) is 17.7 Å². The topological polar surface area (TPSA) is 38.3 Å². The second kappa shape index (κ2) is 4.94. The first-order valence-corrected chi connectivity index (χ1v) is 5.68. The van der Waals surface area contributed by atoms with Gasteiger partial charge in [-0.15, -0.1) is 0 Å². The minimum atomic E-state index is -0.455. The molecule has 92 valence electrons. The number of halogens is 1. The highest BCUT2D eigenvalue weighted by Gasteiger charge is 2.31. The Balaban J connectivity index is 2.17. The highest BCUT2D eigenvalue weighted by molar-refractivity contribution is 6.00. The van der Waals surface area contributed by atoms with Gasteiger partial charge in [0.2, 0.25) is 0 Å². The molecule has 1 aromatic rings. The van der Waals surface area contributed by atoms with Crippen molar-refractivity contribution in [3.8, 4) is 0 Å². The number of ether oxygens (including phenoxy) is 1. The summed E-state index contributed by atoms with van der Waals surface area (Å²) in [5.74, 6) is -0.644. The van der Waals surface area contributed by atoms with Crippen LogP contribution >= 0.6 is 0 Å². The zero-order chi connectivity index (χ0) is 12.4. The largest absolute Gasteiger partial charge is 0.380 e. The van der Waals surface area contributed by atoms with E-state index < -0.39 is 5.82 Å². The average molecular weight is 237 g/mol. The van der Waals surface area contributed by atoms with E-state index in [0.29, 0.717) is 13.0 Å². The number of hydrogen-bond acceptors (Lipinski definition) is 3. The third kappa shape index (κ3) is 2.53. The first kappa shape index (κ1) is 12.2. The molecule has 1 aromatic carbocycles. The first-order valence-electron chi connectivity index (χ1n) is 5.68. The van der Waals surface area contributed by atoms with Crippen LogP contribution in [-0.2, 0) is 4.74 Å². The number of aryl methyl sites for hydroxylation is 1. The van der Waals surface area contributed by atoms with E-state index >= 15 is 0 Å². The Morgan fingerprint density at radius 2 is 2.29 bits per heavy atom. The van der Waals surface area contributed by atoms with E-state index in [1.54, 1.807) is 19.2 Å². The maximum absolute atomic E-state index is 13.6. The molecule has 0 bridgehead atoms. The monoisotopic (exact) mass is 237 g/mol. The summed E-state index contributed by atoms with van der Waals surface area (Å²) in [6.45, 7) is 2.48. The Kier molecular flexibility index (Phi) is 3.54. The molecule has 0 spiro atoms. The minimum Gasteiger partial charge on any atom is -0.380 e. The van der Waals surface area contributed by atoms with E-state index in [2.05, 4.69) is 5.32 Å². The van der Waals surface area contributed by atoms with Gasteiger partial charge in [-0.2, -0.15) is 0 Å². The van der Waals surface area contributed by atoms with Crippen molar-refractivity contribution in [2.75, 3.05) is 13.7 Å². The lowest BCUT2D eigenvalue weighted by Crippen LogP contribution is -2.31. The van der Waals surface area contributed by atoms with Crippen LogP contribution in [0.5, 0.6) is 0 Å². The van der Waals surface area contributed by atoms with Crippen LogP contribution in [0.1, 0.15) is 22.3 Å². The van der Waals surface area contributed by atoms with Gasteiger partial charge in [-0.05, 0) is 25.5 Å². The first-order chi connectivity index (χ1) is 8.11. The minimum absolute atomic E-state index is 0.0387. The number of carbonyl (C=O) groups is 1. The predicted octanol–water partition coefficient (Wildman–Crippen LogP) is 1.69. The molecule has 4 heteroatoms. The summed E-state index contributed by atoms with van der Waals surface area (Å²) in [6, 6.07) is 4.26. The van der Waals surface area contributed by atoms with E-state index in [1.807, 2.05) is 6.92 Å². The highest BCUT2D eigenvalue weighted by atomic mass is 19.1. The van der Waals surface area contributed by atoms with E-state index in [0.717, 1.165) is 5.56 Å². The molecule has 1 saturated heterocycles. The van der Waals surface area contributed by atoms with Crippen LogP contribution < -0.4 is 5.32 Å². The molecule has 0 saturated carbocycles. The normalized spacial score (nSPS) is 23.9. The molecule has 3 nitrogen and oxygen atoms in total. The summed E-state index contributed by atoms with van der Waals surface area (Å²) < 4.78 is 18.7. The Bertz CT molecular complexity index is 433. The van der Waals surface area contributed by atoms with E-state index in [4.69, 9.17) is 4.74 Å². The fourth-order valence-electron chi connectivity index (χ4n) is 2.10. The molecule has 2 unspecified atom stereocenters. The number of rotatable bonds is 3. The lowest BCUT2D eigenvalue weighted by atomic mass is 10.0. The van der Waals surface area contributed by atoms with Crippen molar-refractivity contribution in [2.45, 2.75) is 25.5 Å². The summed E-state index contributed by atoms with van der Waals surface area (Å²) in [6.07, 6.45) is 0.639. The van der Waals surface area contributed by atoms with Crippen molar-refractivity contribution in [3.63, 3.8) is 0 Å². The Morgan fingerprint density at radius 3 is 2.94 bits per heavy atom. The molecule has 17 heavy (non-hydrogen) atoms. The quantitative estimate of drug-likeness (QED) is 0.813. The maximum Gasteiger partial charge on any atom is 0.182 e. The molecule has 1 aliphatic heterocycles. The lowest BCUT2D eigenvalue weighted by Gasteiger charge is -2.10. The van der Waals surface area contributed by atoms with Gasteiger partial charge in [-0.1, -0.05) is 11.6 Å². The number of ketones is 1. The zero-order valence-corrected chi connectivity index (χ0v) is 10.00. The second-order valence-corrected chi connectivity index (χ2v) is 4.40. The molecule has 0 aliphatic carbocycles. The third-order valence-corrected chi connectivity index (χ3v) is 3.13. The van der Waals surface area contributed by atoms with E-state index in [9.17, 15) is 9.18 Å². The molecule has 1 heterocycles. The number of hydrogen-bond donors (Lipinski definition) is 1. The van der Waals surface area contributed by atoms with Crippen LogP contribution in [0.2, 0.25) is 0 Å². The fraction of sp³-hybridized carbons (Fsp3) is 0.462. The van der Waals surface area contributed by atoms with Gasteiger partial charge in [0.15, 0.2) is 5.78 Å². The average Bonchev–Trinajstić information content (AvgIpc) is 2.80. The standard InChI is InChI=1S/C13H16FNO2/c1-8-3-4-11(14)10(5-8)13(16)12-6-9(17-2)7-15-12/h3-5,9,12,15H,6-7H2,1-2H3. The van der Waals surface area contributed by atoms with Crippen molar-refractivity contribution in [3.05, 3.63) is 35.1 Å². The van der Waals surface area contributed by atoms with Crippen molar-refractivity contribution in [2.24, 2.45) is 0 Å². The van der Waals surface area contributed by atoms with E-state index in [1.165, 1.54) is 6.07 Å². The molecule has 1 aliphatic rings. The number of nitrogens with one attached hydrogen (secondary N) is 1. The van der Waals surface area contributed by atoms with E-state index in [-0.39, 0.29) is 23.5 Å². The van der Waals surface area contributed by atoms with Crippen LogP contribution in [0, 0.1) is 12.7 Å². The molecule has 1 fully saturated rings. The van der Waals surface area contributed by atoms with Gasteiger partial charge < -0.3 is 10.1 Å². The van der Waals surface area contributed by atoms with Crippen LogP contribution in [0.4, 0.5) is 4.39 Å². The number of methoxy groups -OCH3 is 1. The third-order valence-electron chi connectivity index (χ3n) is 3.13. The molecular weight excluding hydrogens is 221 g/mol. The maximum atomic E-state index is 13.6. The molecule has 2 atom stereocenters. The highest BCUT2D eigenvalue weighted by Crippen LogP contribution is 2.18. The van der Waals surface area contributed by atoms with Crippen LogP contribution in [0.3, 0.4) is 0 Å². The van der Waals surface area contributed by atoms with Crippen molar-refractivity contribution >= 4 is 5.78 Å². The van der Waals surface area contributed by atoms with Gasteiger partial charge in [-0.25, -0.2) is 4.39 Å². The summed E-state index contributed by atoms with van der Waals surface area (Å²) in [4.78, 5) is 12.1. The molecule has 0 aromatic heterocycles. The number of Topliss-reactive ketones (excluding diaryl/α,β-unsaturated/α-hetero) is 1. The molecule has 0 radical (unpaired) electrons. The van der Waals surface area contributed by atoms with Gasteiger partial charge in [-0.3, -0.25) is 4.79 Å². The summed E-state index contributed by atoms with van der Waals surface area (Å²) in [5, 5.41) is 3.06. The second-order valence-electron chi connectivity index (χ2n) is 4.40. The number of carbonyl (C=O) groups excluding carboxylic acids is 1. The molecule has 0 amide bonds. The Labute approximate surface area is 100.0 Å². The van der Waals surface area contributed by atoms with Gasteiger partial charge in [0.1, 0.15) is 5.82 Å². The molecule has 1 N–H and O–H groups in total. The van der Waals surface area contributed by atoms with Crippen LogP contribution in [0.15, 0.2) is 18.2 Å². The van der Waals surface area contributed by atoms with Crippen molar-refractivity contribution in [1.29, 1.82) is 0 Å². The number of benzene rings is 1. The Morgan fingerprint density at radius 1 is 1.53 bits per heavy atom. The van der Waals surface area contributed by atoms with Crippen LogP contribution in [0.25, 0.3) is 0 Å². The SMILES string of the molecule is COC1CNC(C(=O)c2cc(C)ccc2F)C1. The summed E-state index contributed by atoms with van der Waals surface area (Å²) in [7, 11) is 1.62. The predicted molar refractivity (Wildman–Crippen MR) is 62.7 cm³/mol. The zero-order valence-electron chi connectivity index (χ0n) is 10.00. The fourth-order valence-corrected chi connectivity index (χ4v) is 2.10. The van der Waals surface area contributed by atoms with Crippen molar-refractivity contribution in [1.82, 2.24) is 5.32 Å². The van der Waals surface area contributed by atoms with Gasteiger partial charge in [0, 0.05) is 13.7 Å². The molecular formula is C13H16FNO2. The lowest BCUT2D eigenvalue weighted by molar-refractivity contribution is 0.0915. The summed E-state index contributed by atoms with van der Waals surface area (Å²) >= 11 is 0. The molecule has 2 rings (SSSR count). The summed E-state index contributed by atoms with van der Waals surface area (Å²) in [5.41, 5.74) is 1.05. The van der Waals surface area contributed by atoms with Gasteiger partial charge >= 0.3 is 0 Å². The van der Waals surface area contributed by atoms with Crippen LogP contribution in [-0.4, -0.2) is 31.6 Å². The Hall–Kier alpha value is -1.26.